The standard InChI is InChI=1S/C19H20N2O2/c1-12-4-5-15(10-13(12)2)19(23)20-16-7-8-17-14(11-16)6-9-18(22)21(17)3/h4-5,7-8,10-11H,6,9H2,1-3H3,(H,20,23). The third kappa shape index (κ3) is 2.97. The number of nitrogens with zero attached hydrogens (tertiary/aromatic N) is 1. The van der Waals surface area contributed by atoms with Crippen molar-refractivity contribution in [2.45, 2.75) is 26.7 Å². The molecule has 1 aliphatic heterocycles. The summed E-state index contributed by atoms with van der Waals surface area (Å²) in [4.78, 5) is 25.8. The van der Waals surface area contributed by atoms with E-state index in [1.165, 1.54) is 5.56 Å². The van der Waals surface area contributed by atoms with E-state index in [-0.39, 0.29) is 11.8 Å². The fourth-order valence-corrected chi connectivity index (χ4v) is 2.82. The van der Waals surface area contributed by atoms with Gasteiger partial charge in [-0.15, -0.1) is 0 Å². The van der Waals surface area contributed by atoms with Gasteiger partial charge in [-0.2, -0.15) is 0 Å². The number of benzene rings is 2. The first-order valence-electron chi connectivity index (χ1n) is 7.74. The Hall–Kier alpha value is -2.62. The summed E-state index contributed by atoms with van der Waals surface area (Å²) in [7, 11) is 1.79. The second kappa shape index (κ2) is 5.88. The highest BCUT2D eigenvalue weighted by Gasteiger charge is 2.21. The van der Waals surface area contributed by atoms with Crippen LogP contribution in [0.3, 0.4) is 0 Å². The zero-order valence-electron chi connectivity index (χ0n) is 13.6. The molecule has 0 atom stereocenters. The van der Waals surface area contributed by atoms with Crippen molar-refractivity contribution in [3.63, 3.8) is 0 Å². The van der Waals surface area contributed by atoms with Crippen molar-refractivity contribution in [3.05, 3.63) is 58.7 Å². The van der Waals surface area contributed by atoms with E-state index in [0.717, 1.165) is 22.5 Å². The zero-order chi connectivity index (χ0) is 16.6. The Kier molecular flexibility index (Phi) is 3.90. The molecule has 1 aliphatic rings. The highest BCUT2D eigenvalue weighted by atomic mass is 16.2. The third-order valence-corrected chi connectivity index (χ3v) is 4.45. The van der Waals surface area contributed by atoms with Crippen LogP contribution in [0.4, 0.5) is 11.4 Å². The van der Waals surface area contributed by atoms with Crippen LogP contribution < -0.4 is 10.2 Å². The molecule has 2 amide bonds. The van der Waals surface area contributed by atoms with Crippen LogP contribution in [-0.4, -0.2) is 18.9 Å². The Balaban J connectivity index is 1.82. The van der Waals surface area contributed by atoms with Gasteiger partial charge < -0.3 is 10.2 Å². The van der Waals surface area contributed by atoms with Crippen molar-refractivity contribution in [1.29, 1.82) is 0 Å². The van der Waals surface area contributed by atoms with E-state index in [9.17, 15) is 9.59 Å². The number of anilines is 2. The lowest BCUT2D eigenvalue weighted by Crippen LogP contribution is -2.31. The van der Waals surface area contributed by atoms with Gasteiger partial charge in [-0.25, -0.2) is 0 Å². The van der Waals surface area contributed by atoms with Crippen LogP contribution in [0.15, 0.2) is 36.4 Å². The van der Waals surface area contributed by atoms with Crippen molar-refractivity contribution >= 4 is 23.2 Å². The highest BCUT2D eigenvalue weighted by Crippen LogP contribution is 2.29. The molecular weight excluding hydrogens is 288 g/mol. The summed E-state index contributed by atoms with van der Waals surface area (Å²) in [5.41, 5.74) is 5.69. The van der Waals surface area contributed by atoms with Crippen LogP contribution in [0.1, 0.15) is 33.5 Å². The van der Waals surface area contributed by atoms with Crippen LogP contribution in [0.2, 0.25) is 0 Å². The smallest absolute Gasteiger partial charge is 0.255 e. The summed E-state index contributed by atoms with van der Waals surface area (Å²) in [6.45, 7) is 4.02. The number of rotatable bonds is 2. The quantitative estimate of drug-likeness (QED) is 0.923. The molecule has 0 spiro atoms. The first-order chi connectivity index (χ1) is 11.0. The minimum Gasteiger partial charge on any atom is -0.322 e. The van der Waals surface area contributed by atoms with E-state index in [2.05, 4.69) is 5.32 Å². The molecule has 118 valence electrons. The van der Waals surface area contributed by atoms with E-state index in [0.29, 0.717) is 18.4 Å². The number of aryl methyl sites for hydroxylation is 3. The Morgan fingerprint density at radius 1 is 1.04 bits per heavy atom. The van der Waals surface area contributed by atoms with Gasteiger partial charge in [0.25, 0.3) is 5.91 Å². The van der Waals surface area contributed by atoms with Gasteiger partial charge >= 0.3 is 0 Å². The lowest BCUT2D eigenvalue weighted by atomic mass is 10.0. The minimum absolute atomic E-state index is 0.117. The van der Waals surface area contributed by atoms with Crippen molar-refractivity contribution in [2.75, 3.05) is 17.3 Å². The summed E-state index contributed by atoms with van der Waals surface area (Å²) in [6, 6.07) is 11.4. The van der Waals surface area contributed by atoms with Gasteiger partial charge in [0.2, 0.25) is 5.91 Å². The van der Waals surface area contributed by atoms with Gasteiger partial charge in [-0.05, 0) is 67.3 Å². The molecule has 1 N–H and O–H groups in total. The first kappa shape index (κ1) is 15.3. The molecule has 1 heterocycles. The van der Waals surface area contributed by atoms with Crippen molar-refractivity contribution in [1.82, 2.24) is 0 Å². The monoisotopic (exact) mass is 308 g/mol. The second-order valence-corrected chi connectivity index (χ2v) is 6.05. The molecule has 0 aromatic heterocycles. The van der Waals surface area contributed by atoms with Gasteiger partial charge in [-0.3, -0.25) is 9.59 Å². The fourth-order valence-electron chi connectivity index (χ4n) is 2.82. The number of nitrogens with one attached hydrogen (secondary N) is 1. The van der Waals surface area contributed by atoms with Gasteiger partial charge in [0.1, 0.15) is 0 Å². The second-order valence-electron chi connectivity index (χ2n) is 6.05. The third-order valence-electron chi connectivity index (χ3n) is 4.45. The molecule has 2 aromatic rings. The average molecular weight is 308 g/mol. The Labute approximate surface area is 136 Å². The van der Waals surface area contributed by atoms with E-state index < -0.39 is 0 Å². The van der Waals surface area contributed by atoms with Crippen molar-refractivity contribution < 1.29 is 9.59 Å². The molecule has 0 saturated carbocycles. The van der Waals surface area contributed by atoms with Crippen LogP contribution in [0.5, 0.6) is 0 Å². The first-order valence-corrected chi connectivity index (χ1v) is 7.74. The molecular formula is C19H20N2O2. The molecule has 0 unspecified atom stereocenters. The molecule has 4 heteroatoms. The fraction of sp³-hybridized carbons (Fsp3) is 0.263. The summed E-state index contributed by atoms with van der Waals surface area (Å²) >= 11 is 0. The van der Waals surface area contributed by atoms with Gasteiger partial charge in [-0.1, -0.05) is 6.07 Å². The summed E-state index contributed by atoms with van der Waals surface area (Å²) < 4.78 is 0. The van der Waals surface area contributed by atoms with Crippen molar-refractivity contribution in [2.24, 2.45) is 0 Å². The molecule has 0 bridgehead atoms. The highest BCUT2D eigenvalue weighted by molar-refractivity contribution is 6.05. The maximum Gasteiger partial charge on any atom is 0.255 e. The molecule has 0 fully saturated rings. The van der Waals surface area contributed by atoms with Crippen LogP contribution in [-0.2, 0) is 11.2 Å². The van der Waals surface area contributed by atoms with Crippen LogP contribution in [0, 0.1) is 13.8 Å². The summed E-state index contributed by atoms with van der Waals surface area (Å²) in [5, 5.41) is 2.94. The molecule has 0 radical (unpaired) electrons. The molecule has 3 rings (SSSR count). The van der Waals surface area contributed by atoms with Gasteiger partial charge in [0.05, 0.1) is 0 Å². The van der Waals surface area contributed by atoms with Crippen molar-refractivity contribution in [3.8, 4) is 0 Å². The number of hydrogen-bond donors (Lipinski definition) is 1. The number of carbonyl (C=O) groups is 2. The number of fused-ring (bicyclic) bond motifs is 1. The largest absolute Gasteiger partial charge is 0.322 e. The number of carbonyl (C=O) groups excluding carboxylic acids is 2. The van der Waals surface area contributed by atoms with E-state index in [4.69, 9.17) is 0 Å². The Morgan fingerprint density at radius 2 is 1.83 bits per heavy atom. The molecule has 0 aliphatic carbocycles. The van der Waals surface area contributed by atoms with E-state index in [1.807, 2.05) is 50.2 Å². The summed E-state index contributed by atoms with van der Waals surface area (Å²) in [6.07, 6.45) is 1.23. The lowest BCUT2D eigenvalue weighted by Gasteiger charge is -2.26. The van der Waals surface area contributed by atoms with E-state index in [1.54, 1.807) is 11.9 Å². The Morgan fingerprint density at radius 3 is 2.57 bits per heavy atom. The topological polar surface area (TPSA) is 49.4 Å². The zero-order valence-corrected chi connectivity index (χ0v) is 13.6. The maximum atomic E-state index is 12.4. The molecule has 2 aromatic carbocycles. The lowest BCUT2D eigenvalue weighted by molar-refractivity contribution is -0.118. The number of amides is 2. The molecule has 0 saturated heterocycles. The number of hydrogen-bond acceptors (Lipinski definition) is 2. The van der Waals surface area contributed by atoms with Crippen LogP contribution >= 0.6 is 0 Å². The normalized spacial score (nSPS) is 13.7. The van der Waals surface area contributed by atoms with Gasteiger partial charge in [0.15, 0.2) is 0 Å². The molecule has 4 nitrogen and oxygen atoms in total. The van der Waals surface area contributed by atoms with Crippen LogP contribution in [0.25, 0.3) is 0 Å². The Bertz CT molecular complexity index is 796. The maximum absolute atomic E-state index is 12.4. The minimum atomic E-state index is -0.117. The molecule has 23 heavy (non-hydrogen) atoms. The van der Waals surface area contributed by atoms with E-state index >= 15 is 0 Å². The average Bonchev–Trinajstić information content (AvgIpc) is 2.53. The summed E-state index contributed by atoms with van der Waals surface area (Å²) in [5.74, 6) is 0.0118. The predicted molar refractivity (Wildman–Crippen MR) is 92.0 cm³/mol. The van der Waals surface area contributed by atoms with Gasteiger partial charge in [0, 0.05) is 30.4 Å². The predicted octanol–water partition coefficient (Wildman–Crippen LogP) is 3.46. The SMILES string of the molecule is Cc1ccc(C(=O)Nc2ccc3c(c2)CCC(=O)N3C)cc1C.